The predicted octanol–water partition coefficient (Wildman–Crippen LogP) is -5.40. The van der Waals surface area contributed by atoms with Crippen molar-refractivity contribution in [2.75, 3.05) is 6.61 Å². The van der Waals surface area contributed by atoms with Gasteiger partial charge in [0.25, 0.3) is 0 Å². The van der Waals surface area contributed by atoms with E-state index in [1.807, 2.05) is 0 Å². The first-order chi connectivity index (χ1) is 5.86. The molecule has 0 saturated carbocycles. The van der Waals surface area contributed by atoms with Crippen molar-refractivity contribution in [3.8, 4) is 0 Å². The molecular formula is C6H5CeO7. The van der Waals surface area contributed by atoms with E-state index < -0.39 is 36.4 Å². The van der Waals surface area contributed by atoms with Crippen LogP contribution in [0.5, 0.6) is 0 Å². The largest absolute Gasteiger partial charge is 3.00 e. The molecule has 0 aromatic carbocycles. The van der Waals surface area contributed by atoms with Crippen molar-refractivity contribution >= 4 is 17.9 Å². The first-order valence-electron chi connectivity index (χ1n) is 3.10. The molecule has 7 nitrogen and oxygen atoms in total. The average molecular weight is 329 g/mol. The van der Waals surface area contributed by atoms with E-state index in [9.17, 15) is 29.7 Å². The average Bonchev–Trinajstić information content (AvgIpc) is 1.98. The summed E-state index contributed by atoms with van der Waals surface area (Å²) in [4.78, 5) is 30.5. The number of aliphatic carboxylic acids is 3. The van der Waals surface area contributed by atoms with Gasteiger partial charge >= 0.3 is 41.7 Å². The third-order valence-corrected chi connectivity index (χ3v) is 1.50. The van der Waals surface area contributed by atoms with Gasteiger partial charge in [0.05, 0.1) is 24.0 Å². The van der Waals surface area contributed by atoms with E-state index in [1.165, 1.54) is 0 Å². The van der Waals surface area contributed by atoms with Crippen LogP contribution in [-0.4, -0.2) is 29.6 Å². The Morgan fingerprint density at radius 1 is 1.07 bits per heavy atom. The molecule has 1 N–H and O–H groups in total. The molecule has 75 valence electrons. The Hall–Kier alpha value is -0.253. The molecule has 0 aliphatic rings. The van der Waals surface area contributed by atoms with Gasteiger partial charge in [-0.2, -0.15) is 0 Å². The fraction of sp³-hybridized carbons (Fsp3) is 0.500. The van der Waals surface area contributed by atoms with Gasteiger partial charge in [-0.25, -0.2) is 0 Å². The molecule has 0 bridgehead atoms. The summed E-state index contributed by atoms with van der Waals surface area (Å²) in [7, 11) is 0. The molecule has 0 saturated heterocycles. The van der Waals surface area contributed by atoms with Crippen LogP contribution < -0.4 is 15.3 Å². The van der Waals surface area contributed by atoms with Crippen molar-refractivity contribution in [2.45, 2.75) is 6.42 Å². The number of hydrogen-bond acceptors (Lipinski definition) is 7. The Bertz CT molecular complexity index is 235. The van der Waals surface area contributed by atoms with E-state index in [2.05, 4.69) is 0 Å². The Labute approximate surface area is 112 Å². The Balaban J connectivity index is 0. The molecule has 0 spiro atoms. The molecule has 14 heavy (non-hydrogen) atoms. The molecule has 0 atom stereocenters. The molecule has 0 unspecified atom stereocenters. The van der Waals surface area contributed by atoms with Crippen LogP contribution in [0.1, 0.15) is 6.42 Å². The van der Waals surface area contributed by atoms with Crippen molar-refractivity contribution < 1.29 is 76.6 Å². The molecule has 1 radical (unpaired) electrons. The van der Waals surface area contributed by atoms with Crippen molar-refractivity contribution in [1.82, 2.24) is 0 Å². The summed E-state index contributed by atoms with van der Waals surface area (Å²) in [5.74, 6) is -6.37. The van der Waals surface area contributed by atoms with E-state index in [0.29, 0.717) is 0 Å². The molecule has 0 amide bonds. The Morgan fingerprint density at radius 2 is 1.43 bits per heavy atom. The summed E-state index contributed by atoms with van der Waals surface area (Å²) in [6.45, 7) is -1.42. The second-order valence-corrected chi connectivity index (χ2v) is 2.36. The zero-order valence-electron chi connectivity index (χ0n) is 6.81. The van der Waals surface area contributed by atoms with Gasteiger partial charge in [0.2, 0.25) is 0 Å². The predicted molar refractivity (Wildman–Crippen MR) is 29.2 cm³/mol. The molecule has 0 aromatic rings. The number of carbonyl (C=O) groups excluding carboxylic acids is 3. The van der Waals surface area contributed by atoms with Gasteiger partial charge in [0.1, 0.15) is 0 Å². The molecule has 8 heteroatoms. The normalized spacial score (nSPS) is 10.1. The van der Waals surface area contributed by atoms with Crippen molar-refractivity contribution in [2.24, 2.45) is 5.41 Å². The number of hydrogen-bond donors (Lipinski definition) is 1. The van der Waals surface area contributed by atoms with Gasteiger partial charge in [-0.05, 0) is 0 Å². The summed E-state index contributed by atoms with van der Waals surface area (Å²) in [6.07, 6.45) is -1.39. The minimum absolute atomic E-state index is 0. The number of aliphatic hydroxyl groups excluding tert-OH is 1. The molecule has 0 fully saturated rings. The topological polar surface area (TPSA) is 141 Å². The second-order valence-electron chi connectivity index (χ2n) is 2.36. The van der Waals surface area contributed by atoms with E-state index in [1.54, 1.807) is 0 Å². The first-order valence-corrected chi connectivity index (χ1v) is 3.10. The summed E-state index contributed by atoms with van der Waals surface area (Å²) in [5.41, 5.74) is -2.93. The Morgan fingerprint density at radius 3 is 1.50 bits per heavy atom. The van der Waals surface area contributed by atoms with Gasteiger partial charge in [0, 0.05) is 12.4 Å². The summed E-state index contributed by atoms with van der Waals surface area (Å²) < 4.78 is 0. The smallest absolute Gasteiger partial charge is 0.550 e. The number of rotatable bonds is 5. The summed E-state index contributed by atoms with van der Waals surface area (Å²) in [6, 6.07) is 0. The SMILES string of the molecule is O=C([O-])CC(CO)(C(=O)[O-])C(=O)[O-].[Ce+3]. The van der Waals surface area contributed by atoms with Crippen LogP contribution in [0.4, 0.5) is 0 Å². The quantitative estimate of drug-likeness (QED) is 0.496. The van der Waals surface area contributed by atoms with Crippen LogP contribution in [0.3, 0.4) is 0 Å². The molecule has 0 aliphatic carbocycles. The first kappa shape index (κ1) is 16.2. The maximum Gasteiger partial charge on any atom is 3.00 e. The number of carboxylic acids is 3. The number of carbonyl (C=O) groups is 3. The minimum Gasteiger partial charge on any atom is -0.550 e. The van der Waals surface area contributed by atoms with Crippen LogP contribution in [0.15, 0.2) is 0 Å². The van der Waals surface area contributed by atoms with Gasteiger partial charge < -0.3 is 34.8 Å². The van der Waals surface area contributed by atoms with Crippen LogP contribution >= 0.6 is 0 Å². The Kier molecular flexibility index (Phi) is 7.25. The molecule has 0 heterocycles. The van der Waals surface area contributed by atoms with Gasteiger partial charge in [-0.3, -0.25) is 0 Å². The van der Waals surface area contributed by atoms with Gasteiger partial charge in [-0.1, -0.05) is 0 Å². The van der Waals surface area contributed by atoms with Crippen molar-refractivity contribution in [1.29, 1.82) is 0 Å². The second kappa shape index (κ2) is 6.27. The maximum absolute atomic E-state index is 10.2. The van der Waals surface area contributed by atoms with Gasteiger partial charge in [0.15, 0.2) is 0 Å². The van der Waals surface area contributed by atoms with Crippen molar-refractivity contribution in [3.63, 3.8) is 0 Å². The number of carboxylic acid groups (broad SMARTS) is 3. The van der Waals surface area contributed by atoms with Crippen LogP contribution in [0.2, 0.25) is 0 Å². The molecule has 0 aromatic heterocycles. The van der Waals surface area contributed by atoms with Crippen LogP contribution in [0.25, 0.3) is 0 Å². The molecular weight excluding hydrogens is 324 g/mol. The zero-order valence-corrected chi connectivity index (χ0v) is 9.95. The van der Waals surface area contributed by atoms with E-state index >= 15 is 0 Å². The number of aliphatic hydroxyl groups is 1. The third kappa shape index (κ3) is 3.48. The zero-order chi connectivity index (χ0) is 10.6. The van der Waals surface area contributed by atoms with E-state index in [-0.39, 0.29) is 41.7 Å². The van der Waals surface area contributed by atoms with E-state index in [0.717, 1.165) is 0 Å². The third-order valence-electron chi connectivity index (χ3n) is 1.50. The fourth-order valence-electron chi connectivity index (χ4n) is 0.659. The molecule has 0 rings (SSSR count). The van der Waals surface area contributed by atoms with E-state index in [4.69, 9.17) is 5.11 Å². The maximum atomic E-state index is 10.2. The summed E-state index contributed by atoms with van der Waals surface area (Å²) >= 11 is 0. The standard InChI is InChI=1S/C6H8O7.Ce/c7-2-6(4(10)11,5(12)13)1-3(8)9;/h7H,1-2H2,(H,8,9)(H,10,11)(H,12,13);/q;+3/p-3. The minimum atomic E-state index is -2.93. The molecule has 0 aliphatic heterocycles. The monoisotopic (exact) mass is 329 g/mol. The van der Waals surface area contributed by atoms with Crippen molar-refractivity contribution in [3.05, 3.63) is 0 Å². The van der Waals surface area contributed by atoms with Crippen LogP contribution in [-0.2, 0) is 14.4 Å². The van der Waals surface area contributed by atoms with Gasteiger partial charge in [-0.15, -0.1) is 0 Å². The fourth-order valence-corrected chi connectivity index (χ4v) is 0.659. The summed E-state index contributed by atoms with van der Waals surface area (Å²) in [5, 5.41) is 38.9. The van der Waals surface area contributed by atoms with Crippen LogP contribution in [0, 0.1) is 47.2 Å².